The molecule has 0 unspecified atom stereocenters. The molecule has 0 bridgehead atoms. The van der Waals surface area contributed by atoms with Gasteiger partial charge in [-0.05, 0) is 6.07 Å². The fraction of sp³-hybridized carbons (Fsp3) is 0.0909. The molecule has 3 heteroatoms. The first-order valence-corrected chi connectivity index (χ1v) is 4.25. The zero-order valence-electron chi connectivity index (χ0n) is 7.44. The van der Waals surface area contributed by atoms with Gasteiger partial charge in [0.1, 0.15) is 11.3 Å². The Balaban J connectivity index is 2.70. The molecule has 2 aromatic rings. The lowest BCUT2D eigenvalue weighted by Crippen LogP contribution is -1.86. The number of phenols is 1. The minimum Gasteiger partial charge on any atom is -0.505 e. The van der Waals surface area contributed by atoms with Gasteiger partial charge in [-0.15, -0.1) is 0 Å². The molecule has 0 aliphatic heterocycles. The van der Waals surface area contributed by atoms with E-state index in [4.69, 9.17) is 5.26 Å². The Morgan fingerprint density at radius 3 is 3.00 bits per heavy atom. The molecule has 0 aliphatic rings. The minimum absolute atomic E-state index is 0.115. The van der Waals surface area contributed by atoms with Gasteiger partial charge >= 0.3 is 0 Å². The topological polar surface area (TPSA) is 56.9 Å². The van der Waals surface area contributed by atoms with E-state index in [9.17, 15) is 5.11 Å². The van der Waals surface area contributed by atoms with Crippen LogP contribution in [0.2, 0.25) is 0 Å². The van der Waals surface area contributed by atoms with Gasteiger partial charge in [-0.2, -0.15) is 5.26 Å². The van der Waals surface area contributed by atoms with Crippen LogP contribution in [0.25, 0.3) is 10.9 Å². The van der Waals surface area contributed by atoms with Crippen LogP contribution in [-0.2, 0) is 6.42 Å². The summed E-state index contributed by atoms with van der Waals surface area (Å²) in [5.74, 6) is 0.115. The largest absolute Gasteiger partial charge is 0.505 e. The van der Waals surface area contributed by atoms with Crippen molar-refractivity contribution in [3.05, 3.63) is 36.0 Å². The van der Waals surface area contributed by atoms with Gasteiger partial charge in [-0.1, -0.05) is 18.2 Å². The predicted octanol–water partition coefficient (Wildman–Crippen LogP) is 2.01. The summed E-state index contributed by atoms with van der Waals surface area (Å²) in [6, 6.07) is 9.29. The van der Waals surface area contributed by atoms with Crippen LogP contribution < -0.4 is 0 Å². The first-order valence-electron chi connectivity index (χ1n) is 4.25. The molecule has 68 valence electrons. The molecule has 1 aromatic carbocycles. The van der Waals surface area contributed by atoms with Crippen molar-refractivity contribution in [2.75, 3.05) is 0 Å². The Morgan fingerprint density at radius 1 is 1.36 bits per heavy atom. The van der Waals surface area contributed by atoms with Gasteiger partial charge in [0.25, 0.3) is 0 Å². The monoisotopic (exact) mass is 184 g/mol. The molecule has 0 fully saturated rings. The lowest BCUT2D eigenvalue weighted by molar-refractivity contribution is 0.475. The summed E-state index contributed by atoms with van der Waals surface area (Å²) in [5, 5.41) is 19.2. The number of phenolic OH excluding ortho intramolecular Hbond substituents is 1. The highest BCUT2D eigenvalue weighted by Crippen LogP contribution is 2.26. The van der Waals surface area contributed by atoms with Crippen molar-refractivity contribution in [2.24, 2.45) is 0 Å². The van der Waals surface area contributed by atoms with Crippen LogP contribution in [0, 0.1) is 11.3 Å². The van der Waals surface area contributed by atoms with Crippen LogP contribution in [0.15, 0.2) is 30.5 Å². The molecule has 3 nitrogen and oxygen atoms in total. The molecular weight excluding hydrogens is 176 g/mol. The Hall–Kier alpha value is -2.08. The smallest absolute Gasteiger partial charge is 0.146 e. The first-order chi connectivity index (χ1) is 6.83. The number of aromatic nitrogens is 1. The third kappa shape index (κ3) is 1.27. The second-order valence-corrected chi connectivity index (χ2v) is 2.98. The van der Waals surface area contributed by atoms with E-state index in [1.54, 1.807) is 12.3 Å². The molecule has 0 spiro atoms. The van der Waals surface area contributed by atoms with Crippen molar-refractivity contribution >= 4 is 10.9 Å². The lowest BCUT2D eigenvalue weighted by Gasteiger charge is -2.03. The zero-order chi connectivity index (χ0) is 9.97. The number of benzene rings is 1. The Morgan fingerprint density at radius 2 is 2.21 bits per heavy atom. The van der Waals surface area contributed by atoms with Gasteiger partial charge in [-0.25, -0.2) is 0 Å². The van der Waals surface area contributed by atoms with Crippen molar-refractivity contribution in [2.45, 2.75) is 6.42 Å². The molecule has 2 rings (SSSR count). The van der Waals surface area contributed by atoms with Crippen LogP contribution in [0.5, 0.6) is 5.75 Å². The molecule has 1 aromatic heterocycles. The molecule has 0 atom stereocenters. The van der Waals surface area contributed by atoms with Gasteiger partial charge in [-0.3, -0.25) is 4.98 Å². The summed E-state index contributed by atoms with van der Waals surface area (Å²) in [5.41, 5.74) is 1.18. The lowest BCUT2D eigenvalue weighted by atomic mass is 10.1. The molecule has 14 heavy (non-hydrogen) atoms. The van der Waals surface area contributed by atoms with Crippen molar-refractivity contribution in [1.82, 2.24) is 4.98 Å². The van der Waals surface area contributed by atoms with Crippen LogP contribution in [0.4, 0.5) is 0 Å². The first kappa shape index (κ1) is 8.52. The van der Waals surface area contributed by atoms with E-state index < -0.39 is 0 Å². The number of pyridine rings is 1. The highest BCUT2D eigenvalue weighted by Gasteiger charge is 2.05. The summed E-state index contributed by atoms with van der Waals surface area (Å²) in [6.45, 7) is 0. The third-order valence-corrected chi connectivity index (χ3v) is 2.10. The SMILES string of the molecule is N#CCc1ccc2cccnc2c1O. The highest BCUT2D eigenvalue weighted by atomic mass is 16.3. The summed E-state index contributed by atoms with van der Waals surface area (Å²) >= 11 is 0. The van der Waals surface area contributed by atoms with E-state index in [0.29, 0.717) is 11.1 Å². The molecule has 0 aliphatic carbocycles. The van der Waals surface area contributed by atoms with Crippen molar-refractivity contribution < 1.29 is 5.11 Å². The number of nitrogens with zero attached hydrogens (tertiary/aromatic N) is 2. The van der Waals surface area contributed by atoms with Crippen molar-refractivity contribution in [3.63, 3.8) is 0 Å². The standard InChI is InChI=1S/C11H8N2O/c12-6-5-9-4-3-8-2-1-7-13-10(8)11(9)14/h1-4,7,14H,5H2. The van der Waals surface area contributed by atoms with Gasteiger partial charge < -0.3 is 5.11 Å². The third-order valence-electron chi connectivity index (χ3n) is 2.10. The van der Waals surface area contributed by atoms with E-state index in [0.717, 1.165) is 5.39 Å². The Labute approximate surface area is 81.2 Å². The summed E-state index contributed by atoms with van der Waals surface area (Å²) in [4.78, 5) is 4.06. The van der Waals surface area contributed by atoms with Gasteiger partial charge in [0.15, 0.2) is 0 Å². The van der Waals surface area contributed by atoms with Crippen molar-refractivity contribution in [3.8, 4) is 11.8 Å². The summed E-state index contributed by atoms with van der Waals surface area (Å²) in [6.07, 6.45) is 1.83. The van der Waals surface area contributed by atoms with Crippen LogP contribution >= 0.6 is 0 Å². The maximum Gasteiger partial charge on any atom is 0.146 e. The number of hydrogen-bond acceptors (Lipinski definition) is 3. The highest BCUT2D eigenvalue weighted by molar-refractivity contribution is 5.85. The van der Waals surface area contributed by atoms with E-state index in [1.807, 2.05) is 24.3 Å². The van der Waals surface area contributed by atoms with E-state index >= 15 is 0 Å². The average molecular weight is 184 g/mol. The average Bonchev–Trinajstić information content (AvgIpc) is 2.23. The molecule has 0 amide bonds. The minimum atomic E-state index is 0.115. The second kappa shape index (κ2) is 3.35. The molecule has 0 saturated heterocycles. The molecule has 0 saturated carbocycles. The van der Waals surface area contributed by atoms with Crippen molar-refractivity contribution in [1.29, 1.82) is 5.26 Å². The van der Waals surface area contributed by atoms with E-state index in [-0.39, 0.29) is 12.2 Å². The van der Waals surface area contributed by atoms with Gasteiger partial charge in [0.2, 0.25) is 0 Å². The summed E-state index contributed by atoms with van der Waals surface area (Å²) < 4.78 is 0. The number of nitriles is 1. The number of hydrogen-bond donors (Lipinski definition) is 1. The van der Waals surface area contributed by atoms with Crippen LogP contribution in [0.3, 0.4) is 0 Å². The van der Waals surface area contributed by atoms with Gasteiger partial charge in [0, 0.05) is 17.1 Å². The number of fused-ring (bicyclic) bond motifs is 1. The van der Waals surface area contributed by atoms with E-state index in [2.05, 4.69) is 4.98 Å². The molecule has 0 radical (unpaired) electrons. The van der Waals surface area contributed by atoms with Gasteiger partial charge in [0.05, 0.1) is 12.5 Å². The van der Waals surface area contributed by atoms with Crippen LogP contribution in [0.1, 0.15) is 5.56 Å². The zero-order valence-corrected chi connectivity index (χ0v) is 7.44. The fourth-order valence-corrected chi connectivity index (χ4v) is 1.40. The van der Waals surface area contributed by atoms with Crippen LogP contribution in [-0.4, -0.2) is 10.1 Å². The normalized spacial score (nSPS) is 9.93. The van der Waals surface area contributed by atoms with E-state index in [1.165, 1.54) is 0 Å². The molecule has 1 N–H and O–H groups in total. The number of aromatic hydroxyl groups is 1. The number of rotatable bonds is 1. The predicted molar refractivity (Wildman–Crippen MR) is 52.7 cm³/mol. The maximum atomic E-state index is 9.77. The Bertz CT molecular complexity index is 514. The fourth-order valence-electron chi connectivity index (χ4n) is 1.40. The quantitative estimate of drug-likeness (QED) is 0.737. The molecule has 1 heterocycles. The summed E-state index contributed by atoms with van der Waals surface area (Å²) in [7, 11) is 0. The molecular formula is C11H8N2O. The maximum absolute atomic E-state index is 9.77. The Kier molecular flexibility index (Phi) is 2.04. The second-order valence-electron chi connectivity index (χ2n) is 2.98.